The molecular formula is C16H19NO3S. The molecule has 0 fully saturated rings. The van der Waals surface area contributed by atoms with Gasteiger partial charge in [-0.25, -0.2) is 0 Å². The Hall–Kier alpha value is -2.01. The lowest BCUT2D eigenvalue weighted by Crippen LogP contribution is -2.24. The molecule has 2 aromatic rings. The summed E-state index contributed by atoms with van der Waals surface area (Å²) in [5, 5.41) is 4.88. The van der Waals surface area contributed by atoms with Crippen molar-refractivity contribution in [2.45, 2.75) is 19.9 Å². The van der Waals surface area contributed by atoms with Crippen LogP contribution < -0.4 is 14.8 Å². The van der Waals surface area contributed by atoms with Crippen LogP contribution >= 0.6 is 11.3 Å². The minimum Gasteiger partial charge on any atom is -0.496 e. The molecule has 0 atom stereocenters. The molecule has 2 rings (SSSR count). The molecule has 0 aliphatic rings. The molecule has 0 spiro atoms. The quantitative estimate of drug-likeness (QED) is 0.892. The van der Waals surface area contributed by atoms with Gasteiger partial charge in [-0.05, 0) is 36.1 Å². The van der Waals surface area contributed by atoms with Gasteiger partial charge in [-0.2, -0.15) is 0 Å². The third-order valence-electron chi connectivity index (χ3n) is 3.19. The van der Waals surface area contributed by atoms with Gasteiger partial charge < -0.3 is 14.8 Å². The van der Waals surface area contributed by atoms with E-state index in [0.717, 1.165) is 27.5 Å². The second kappa shape index (κ2) is 7.13. The fourth-order valence-corrected chi connectivity index (χ4v) is 2.78. The second-order valence-corrected chi connectivity index (χ2v) is 5.70. The Morgan fingerprint density at radius 2 is 2.00 bits per heavy atom. The van der Waals surface area contributed by atoms with E-state index in [1.54, 1.807) is 25.6 Å². The first-order chi connectivity index (χ1) is 10.1. The number of aryl methyl sites for hydroxylation is 1. The predicted molar refractivity (Wildman–Crippen MR) is 84.2 cm³/mol. The number of nitrogens with one attached hydrogen (secondary N) is 1. The number of carbonyl (C=O) groups excluding carboxylic acids is 1. The van der Waals surface area contributed by atoms with Crippen molar-refractivity contribution in [3.63, 3.8) is 0 Å². The number of thiophene rings is 1. The summed E-state index contributed by atoms with van der Waals surface area (Å²) >= 11 is 1.58. The Morgan fingerprint density at radius 3 is 2.62 bits per heavy atom. The van der Waals surface area contributed by atoms with Crippen molar-refractivity contribution in [3.8, 4) is 11.5 Å². The third kappa shape index (κ3) is 3.98. The van der Waals surface area contributed by atoms with Crippen LogP contribution in [0.4, 0.5) is 0 Å². The van der Waals surface area contributed by atoms with Gasteiger partial charge >= 0.3 is 0 Å². The van der Waals surface area contributed by atoms with Gasteiger partial charge in [-0.15, -0.1) is 11.3 Å². The summed E-state index contributed by atoms with van der Waals surface area (Å²) in [4.78, 5) is 13.0. The summed E-state index contributed by atoms with van der Waals surface area (Å²) in [6.07, 6.45) is 0.406. The molecule has 0 saturated carbocycles. The van der Waals surface area contributed by atoms with Crippen molar-refractivity contribution in [2.24, 2.45) is 0 Å². The summed E-state index contributed by atoms with van der Waals surface area (Å²) in [5.41, 5.74) is 1.91. The highest BCUT2D eigenvalue weighted by molar-refractivity contribution is 7.10. The molecule has 21 heavy (non-hydrogen) atoms. The van der Waals surface area contributed by atoms with Crippen LogP contribution in [0, 0.1) is 6.92 Å². The number of amides is 1. The maximum absolute atomic E-state index is 11.9. The highest BCUT2D eigenvalue weighted by Gasteiger charge is 2.10. The highest BCUT2D eigenvalue weighted by atomic mass is 32.1. The lowest BCUT2D eigenvalue weighted by atomic mass is 10.1. The number of hydrogen-bond donors (Lipinski definition) is 1. The van der Waals surface area contributed by atoms with Gasteiger partial charge in [-0.3, -0.25) is 4.79 Å². The molecule has 4 nitrogen and oxygen atoms in total. The van der Waals surface area contributed by atoms with E-state index in [1.807, 2.05) is 36.6 Å². The molecule has 112 valence electrons. The second-order valence-electron chi connectivity index (χ2n) is 4.67. The fraction of sp³-hybridized carbons (Fsp3) is 0.312. The summed E-state index contributed by atoms with van der Waals surface area (Å²) in [5.74, 6) is 1.54. The molecule has 0 saturated heterocycles. The van der Waals surface area contributed by atoms with Gasteiger partial charge in [0, 0.05) is 17.0 Å². The monoisotopic (exact) mass is 305 g/mol. The van der Waals surface area contributed by atoms with Gasteiger partial charge in [0.1, 0.15) is 11.5 Å². The first-order valence-corrected chi connectivity index (χ1v) is 7.52. The van der Waals surface area contributed by atoms with Gasteiger partial charge in [-0.1, -0.05) is 6.07 Å². The number of hydrogen-bond acceptors (Lipinski definition) is 4. The van der Waals surface area contributed by atoms with Crippen LogP contribution in [0.2, 0.25) is 0 Å². The molecule has 1 aromatic carbocycles. The molecule has 1 heterocycles. The van der Waals surface area contributed by atoms with E-state index in [4.69, 9.17) is 9.47 Å². The number of benzene rings is 1. The summed E-state index contributed by atoms with van der Waals surface area (Å²) in [7, 11) is 3.26. The largest absolute Gasteiger partial charge is 0.496 e. The molecular weight excluding hydrogens is 286 g/mol. The molecule has 5 heteroatoms. The van der Waals surface area contributed by atoms with E-state index in [0.29, 0.717) is 13.0 Å². The maximum Gasteiger partial charge on any atom is 0.225 e. The molecule has 1 aromatic heterocycles. The van der Waals surface area contributed by atoms with Crippen LogP contribution in [0.25, 0.3) is 0 Å². The molecule has 1 N–H and O–H groups in total. The first-order valence-electron chi connectivity index (χ1n) is 6.64. The number of methoxy groups -OCH3 is 2. The Balaban J connectivity index is 2.03. The zero-order chi connectivity index (χ0) is 15.2. The van der Waals surface area contributed by atoms with Crippen LogP contribution in [0.3, 0.4) is 0 Å². The van der Waals surface area contributed by atoms with E-state index in [-0.39, 0.29) is 5.91 Å². The van der Waals surface area contributed by atoms with E-state index in [2.05, 4.69) is 5.32 Å². The van der Waals surface area contributed by atoms with E-state index < -0.39 is 0 Å². The Kier molecular flexibility index (Phi) is 5.22. The van der Waals surface area contributed by atoms with Gasteiger partial charge in [0.15, 0.2) is 0 Å². The Morgan fingerprint density at radius 1 is 1.24 bits per heavy atom. The standard InChI is InChI=1S/C16H19NO3S/c1-11-7-15(20-3)12(8-14(11)19-2)10-17-16(18)9-13-5-4-6-21-13/h4-8H,9-10H2,1-3H3,(H,17,18). The van der Waals surface area contributed by atoms with E-state index >= 15 is 0 Å². The Bertz CT molecular complexity index is 608. The summed E-state index contributed by atoms with van der Waals surface area (Å²) in [6, 6.07) is 7.72. The smallest absolute Gasteiger partial charge is 0.225 e. The number of carbonyl (C=O) groups is 1. The first kappa shape index (κ1) is 15.4. The molecule has 0 unspecified atom stereocenters. The molecule has 0 bridgehead atoms. The van der Waals surface area contributed by atoms with Crippen LogP contribution in [0.5, 0.6) is 11.5 Å². The van der Waals surface area contributed by atoms with Gasteiger partial charge in [0.2, 0.25) is 5.91 Å². The molecule has 0 aliphatic heterocycles. The van der Waals surface area contributed by atoms with Gasteiger partial charge in [0.25, 0.3) is 0 Å². The van der Waals surface area contributed by atoms with Crippen molar-refractivity contribution in [1.29, 1.82) is 0 Å². The summed E-state index contributed by atoms with van der Waals surface area (Å²) in [6.45, 7) is 2.38. The molecule has 1 amide bonds. The normalized spacial score (nSPS) is 10.2. The number of rotatable bonds is 6. The van der Waals surface area contributed by atoms with Crippen LogP contribution in [0.1, 0.15) is 16.0 Å². The lowest BCUT2D eigenvalue weighted by Gasteiger charge is -2.13. The molecule has 0 aliphatic carbocycles. The molecule has 0 radical (unpaired) electrons. The number of ether oxygens (including phenoxy) is 2. The van der Waals surface area contributed by atoms with Crippen molar-refractivity contribution in [1.82, 2.24) is 5.32 Å². The maximum atomic E-state index is 11.9. The zero-order valence-corrected chi connectivity index (χ0v) is 13.3. The van der Waals surface area contributed by atoms with E-state index in [9.17, 15) is 4.79 Å². The lowest BCUT2D eigenvalue weighted by molar-refractivity contribution is -0.120. The average Bonchev–Trinajstić information content (AvgIpc) is 2.98. The van der Waals surface area contributed by atoms with Gasteiger partial charge in [0.05, 0.1) is 20.6 Å². The topological polar surface area (TPSA) is 47.6 Å². The van der Waals surface area contributed by atoms with Crippen molar-refractivity contribution < 1.29 is 14.3 Å². The van der Waals surface area contributed by atoms with Crippen molar-refractivity contribution in [2.75, 3.05) is 14.2 Å². The zero-order valence-electron chi connectivity index (χ0n) is 12.4. The van der Waals surface area contributed by atoms with Crippen LogP contribution in [-0.2, 0) is 17.8 Å². The van der Waals surface area contributed by atoms with Crippen LogP contribution in [0.15, 0.2) is 29.6 Å². The van der Waals surface area contributed by atoms with Crippen molar-refractivity contribution in [3.05, 3.63) is 45.6 Å². The Labute approximate surface area is 128 Å². The summed E-state index contributed by atoms with van der Waals surface area (Å²) < 4.78 is 10.7. The van der Waals surface area contributed by atoms with Crippen molar-refractivity contribution >= 4 is 17.2 Å². The average molecular weight is 305 g/mol. The minimum atomic E-state index is -0.000884. The van der Waals surface area contributed by atoms with E-state index in [1.165, 1.54) is 0 Å². The van der Waals surface area contributed by atoms with Crippen LogP contribution in [-0.4, -0.2) is 20.1 Å². The fourth-order valence-electron chi connectivity index (χ4n) is 2.08. The SMILES string of the molecule is COc1cc(CNC(=O)Cc2cccs2)c(OC)cc1C. The predicted octanol–water partition coefficient (Wildman–Crippen LogP) is 2.93. The third-order valence-corrected chi connectivity index (χ3v) is 4.07. The highest BCUT2D eigenvalue weighted by Crippen LogP contribution is 2.28. The minimum absolute atomic E-state index is 0.000884.